The van der Waals surface area contributed by atoms with Gasteiger partial charge in [-0.15, -0.1) is 11.3 Å². The molecule has 2 aromatic carbocycles. The molecule has 0 aliphatic heterocycles. The molecule has 0 fully saturated rings. The lowest BCUT2D eigenvalue weighted by atomic mass is 9.94. The van der Waals surface area contributed by atoms with Gasteiger partial charge in [-0.3, -0.25) is 0 Å². The molecule has 0 aliphatic rings. The van der Waals surface area contributed by atoms with Crippen molar-refractivity contribution < 1.29 is 0 Å². The van der Waals surface area contributed by atoms with Gasteiger partial charge in [-0.25, -0.2) is 4.98 Å². The van der Waals surface area contributed by atoms with Gasteiger partial charge < -0.3 is 10.3 Å². The van der Waals surface area contributed by atoms with E-state index in [1.165, 1.54) is 42.8 Å². The maximum absolute atomic E-state index is 6.71. The third kappa shape index (κ3) is 2.99. The van der Waals surface area contributed by atoms with Crippen LogP contribution in [0.4, 0.5) is 0 Å². The summed E-state index contributed by atoms with van der Waals surface area (Å²) in [6.07, 6.45) is 2.11. The van der Waals surface area contributed by atoms with Crippen LogP contribution in [-0.4, -0.2) is 9.55 Å². The predicted molar refractivity (Wildman–Crippen MR) is 115 cm³/mol. The minimum atomic E-state index is -0.241. The van der Waals surface area contributed by atoms with Gasteiger partial charge in [-0.2, -0.15) is 0 Å². The molecule has 0 spiro atoms. The van der Waals surface area contributed by atoms with Crippen molar-refractivity contribution in [3.63, 3.8) is 0 Å². The number of thiophene rings is 1. The van der Waals surface area contributed by atoms with E-state index in [0.717, 1.165) is 11.5 Å². The molecule has 2 aromatic heterocycles. The minimum Gasteiger partial charge on any atom is -0.336 e. The van der Waals surface area contributed by atoms with Crippen LogP contribution in [0.5, 0.6) is 0 Å². The predicted octanol–water partition coefficient (Wildman–Crippen LogP) is 5.58. The van der Waals surface area contributed by atoms with Crippen molar-refractivity contribution in [2.75, 3.05) is 0 Å². The molecule has 0 radical (unpaired) electrons. The molecule has 4 rings (SSSR count). The molecule has 1 atom stereocenters. The van der Waals surface area contributed by atoms with Crippen LogP contribution in [0, 0.1) is 27.7 Å². The van der Waals surface area contributed by atoms with Crippen molar-refractivity contribution in [3.05, 3.63) is 75.6 Å². The SMILES string of the molecule is Cc1cc(C)c(C(N)c2nc(-c3c(C)sc4ccccc34)cn2C)c(C)c1. The van der Waals surface area contributed by atoms with Crippen molar-refractivity contribution in [1.82, 2.24) is 9.55 Å². The largest absolute Gasteiger partial charge is 0.336 e. The molecule has 0 saturated heterocycles. The molecule has 4 heteroatoms. The monoisotopic (exact) mass is 375 g/mol. The molecule has 1 unspecified atom stereocenters. The van der Waals surface area contributed by atoms with Crippen LogP contribution in [0.25, 0.3) is 21.3 Å². The number of rotatable bonds is 3. The van der Waals surface area contributed by atoms with Gasteiger partial charge in [0.25, 0.3) is 0 Å². The number of hydrogen-bond acceptors (Lipinski definition) is 3. The smallest absolute Gasteiger partial charge is 0.130 e. The zero-order valence-corrected chi connectivity index (χ0v) is 17.3. The summed E-state index contributed by atoms with van der Waals surface area (Å²) in [5.74, 6) is 0.898. The van der Waals surface area contributed by atoms with Gasteiger partial charge in [0.05, 0.1) is 11.7 Å². The summed E-state index contributed by atoms with van der Waals surface area (Å²) in [6.45, 7) is 8.56. The maximum atomic E-state index is 6.71. The Bertz CT molecular complexity index is 1130. The lowest BCUT2D eigenvalue weighted by molar-refractivity contribution is 0.710. The van der Waals surface area contributed by atoms with E-state index in [-0.39, 0.29) is 6.04 Å². The highest BCUT2D eigenvalue weighted by Gasteiger charge is 2.22. The van der Waals surface area contributed by atoms with Crippen LogP contribution in [0.1, 0.15) is 39.0 Å². The highest BCUT2D eigenvalue weighted by atomic mass is 32.1. The maximum Gasteiger partial charge on any atom is 0.130 e. The highest BCUT2D eigenvalue weighted by molar-refractivity contribution is 7.19. The molecule has 27 heavy (non-hydrogen) atoms. The van der Waals surface area contributed by atoms with Crippen molar-refractivity contribution in [1.29, 1.82) is 0 Å². The Labute approximate surface area is 164 Å². The standard InChI is InChI=1S/C23H25N3S/c1-13-10-14(2)20(15(3)11-13)22(24)23-25-18(12-26(23)5)21-16(4)27-19-9-7-6-8-17(19)21/h6-12,22H,24H2,1-5H3. The minimum absolute atomic E-state index is 0.241. The van der Waals surface area contributed by atoms with Crippen LogP contribution in [0.3, 0.4) is 0 Å². The first-order valence-corrected chi connectivity index (χ1v) is 10.0. The molecule has 2 heterocycles. The molecule has 4 aromatic rings. The number of nitrogens with zero attached hydrogens (tertiary/aromatic N) is 2. The topological polar surface area (TPSA) is 43.8 Å². The fourth-order valence-electron chi connectivity index (χ4n) is 4.19. The number of nitrogens with two attached hydrogens (primary N) is 1. The Morgan fingerprint density at radius 2 is 1.70 bits per heavy atom. The fraction of sp³-hybridized carbons (Fsp3) is 0.261. The lowest BCUT2D eigenvalue weighted by Gasteiger charge is -2.18. The molecule has 2 N–H and O–H groups in total. The van der Waals surface area contributed by atoms with Gasteiger partial charge in [0.2, 0.25) is 0 Å². The van der Waals surface area contributed by atoms with E-state index in [4.69, 9.17) is 10.7 Å². The molecule has 0 saturated carbocycles. The molecule has 138 valence electrons. The Morgan fingerprint density at radius 3 is 2.41 bits per heavy atom. The first-order chi connectivity index (χ1) is 12.9. The first kappa shape index (κ1) is 18.0. The van der Waals surface area contributed by atoms with Gasteiger partial charge in [0.15, 0.2) is 0 Å². The van der Waals surface area contributed by atoms with E-state index in [9.17, 15) is 0 Å². The summed E-state index contributed by atoms with van der Waals surface area (Å²) < 4.78 is 3.37. The molecule has 0 bridgehead atoms. The molecule has 0 amide bonds. The van der Waals surface area contributed by atoms with Crippen LogP contribution in [0.2, 0.25) is 0 Å². The molecular weight excluding hydrogens is 350 g/mol. The van der Waals surface area contributed by atoms with E-state index in [1.54, 1.807) is 0 Å². The summed E-state index contributed by atoms with van der Waals surface area (Å²) >= 11 is 1.82. The van der Waals surface area contributed by atoms with E-state index in [2.05, 4.69) is 74.9 Å². The fourth-order valence-corrected chi connectivity index (χ4v) is 5.26. The average Bonchev–Trinajstić information content (AvgIpc) is 3.12. The summed E-state index contributed by atoms with van der Waals surface area (Å²) in [6, 6.07) is 12.7. The number of fused-ring (bicyclic) bond motifs is 1. The number of imidazole rings is 1. The van der Waals surface area contributed by atoms with E-state index in [1.807, 2.05) is 18.4 Å². The van der Waals surface area contributed by atoms with Crippen molar-refractivity contribution >= 4 is 21.4 Å². The Hall–Kier alpha value is -2.43. The normalized spacial score (nSPS) is 12.7. The van der Waals surface area contributed by atoms with Crippen LogP contribution in [-0.2, 0) is 7.05 Å². The average molecular weight is 376 g/mol. The lowest BCUT2D eigenvalue weighted by Crippen LogP contribution is -2.19. The van der Waals surface area contributed by atoms with Crippen LogP contribution < -0.4 is 5.73 Å². The summed E-state index contributed by atoms with van der Waals surface area (Å²) in [5, 5.41) is 1.26. The quantitative estimate of drug-likeness (QED) is 0.508. The molecule has 3 nitrogen and oxygen atoms in total. The number of benzene rings is 2. The zero-order valence-electron chi connectivity index (χ0n) is 16.5. The van der Waals surface area contributed by atoms with Crippen molar-refractivity contribution in [2.24, 2.45) is 12.8 Å². The van der Waals surface area contributed by atoms with Crippen LogP contribution >= 0.6 is 11.3 Å². The second-order valence-corrected chi connectivity index (χ2v) is 8.67. The number of aryl methyl sites for hydroxylation is 5. The van der Waals surface area contributed by atoms with E-state index in [0.29, 0.717) is 0 Å². The first-order valence-electron chi connectivity index (χ1n) is 9.22. The van der Waals surface area contributed by atoms with Gasteiger partial charge in [-0.1, -0.05) is 35.9 Å². The van der Waals surface area contributed by atoms with Gasteiger partial charge in [-0.05, 0) is 50.5 Å². The highest BCUT2D eigenvalue weighted by Crippen LogP contribution is 2.38. The Balaban J connectivity index is 1.84. The van der Waals surface area contributed by atoms with Gasteiger partial charge in [0.1, 0.15) is 5.82 Å². The van der Waals surface area contributed by atoms with Crippen molar-refractivity contribution in [3.8, 4) is 11.3 Å². The zero-order chi connectivity index (χ0) is 19.3. The summed E-state index contributed by atoms with van der Waals surface area (Å²) in [7, 11) is 2.04. The van der Waals surface area contributed by atoms with Gasteiger partial charge in [0, 0.05) is 33.8 Å². The number of aromatic nitrogens is 2. The third-order valence-electron chi connectivity index (χ3n) is 5.27. The second-order valence-electron chi connectivity index (χ2n) is 7.41. The van der Waals surface area contributed by atoms with E-state index >= 15 is 0 Å². The van der Waals surface area contributed by atoms with Crippen molar-refractivity contribution in [2.45, 2.75) is 33.7 Å². The summed E-state index contributed by atoms with van der Waals surface area (Å²) in [5.41, 5.74) is 13.8. The summed E-state index contributed by atoms with van der Waals surface area (Å²) in [4.78, 5) is 6.28. The Morgan fingerprint density at radius 1 is 1.04 bits per heavy atom. The number of hydrogen-bond donors (Lipinski definition) is 1. The third-order valence-corrected chi connectivity index (χ3v) is 6.35. The molecular formula is C23H25N3S. The Kier molecular flexibility index (Phi) is 4.41. The van der Waals surface area contributed by atoms with Gasteiger partial charge >= 0.3 is 0 Å². The van der Waals surface area contributed by atoms with Crippen LogP contribution in [0.15, 0.2) is 42.6 Å². The van der Waals surface area contributed by atoms with E-state index < -0.39 is 0 Å². The molecule has 0 aliphatic carbocycles. The second kappa shape index (κ2) is 6.63.